The van der Waals surface area contributed by atoms with E-state index in [0.717, 1.165) is 0 Å². The molecule has 7 nitrogen and oxygen atoms in total. The lowest BCUT2D eigenvalue weighted by Crippen LogP contribution is -3.00. The number of quaternary nitrogens is 1. The maximum absolute atomic E-state index is 11.1. The van der Waals surface area contributed by atoms with Crippen LogP contribution in [-0.2, 0) is 9.13 Å². The van der Waals surface area contributed by atoms with Gasteiger partial charge in [0.25, 0.3) is 0 Å². The van der Waals surface area contributed by atoms with E-state index in [2.05, 4.69) is 0 Å². The number of allylic oxidation sites excluding steroid dienone is 2. The van der Waals surface area contributed by atoms with Crippen molar-refractivity contribution in [2.45, 2.75) is 11.8 Å². The lowest BCUT2D eigenvalue weighted by atomic mass is 10.1. The molecular formula is C9H18ClNO6P2. The van der Waals surface area contributed by atoms with Crippen molar-refractivity contribution in [3.8, 4) is 0 Å². The van der Waals surface area contributed by atoms with Crippen molar-refractivity contribution in [2.24, 2.45) is 0 Å². The zero-order valence-electron chi connectivity index (χ0n) is 10.5. The van der Waals surface area contributed by atoms with Crippen molar-refractivity contribution in [3.63, 3.8) is 0 Å². The van der Waals surface area contributed by atoms with Gasteiger partial charge in [-0.05, 0) is 24.1 Å². The highest BCUT2D eigenvalue weighted by Gasteiger charge is 2.43. The van der Waals surface area contributed by atoms with Crippen LogP contribution in [-0.4, -0.2) is 50.1 Å². The molecule has 0 saturated heterocycles. The third-order valence-electron chi connectivity index (χ3n) is 2.71. The molecule has 0 spiro atoms. The van der Waals surface area contributed by atoms with Gasteiger partial charge in [-0.15, -0.1) is 0 Å². The van der Waals surface area contributed by atoms with Gasteiger partial charge < -0.3 is 32.0 Å². The first-order chi connectivity index (χ1) is 7.92. The molecule has 1 rings (SSSR count). The fourth-order valence-corrected chi connectivity index (χ4v) is 4.04. The number of halogens is 1. The van der Waals surface area contributed by atoms with Gasteiger partial charge in [0, 0.05) is 0 Å². The van der Waals surface area contributed by atoms with Gasteiger partial charge in [0.1, 0.15) is 6.54 Å². The molecule has 1 aliphatic rings. The lowest BCUT2D eigenvalue weighted by molar-refractivity contribution is -0.833. The van der Waals surface area contributed by atoms with E-state index in [9.17, 15) is 9.13 Å². The smallest absolute Gasteiger partial charge is 0.341 e. The highest BCUT2D eigenvalue weighted by atomic mass is 35.5. The first kappa shape index (κ1) is 19.0. The van der Waals surface area contributed by atoms with Crippen LogP contribution in [0.25, 0.3) is 0 Å². The van der Waals surface area contributed by atoms with E-state index in [1.165, 1.54) is 0 Å². The van der Waals surface area contributed by atoms with E-state index < -0.39 is 20.6 Å². The molecule has 4 N–H and O–H groups in total. The highest BCUT2D eigenvalue weighted by Crippen LogP contribution is 2.62. The summed E-state index contributed by atoms with van der Waals surface area (Å²) in [5.74, 6) is 0. The summed E-state index contributed by atoms with van der Waals surface area (Å²) in [7, 11) is -5.80. The largest absolute Gasteiger partial charge is 1.00 e. The fourth-order valence-electron chi connectivity index (χ4n) is 1.57. The van der Waals surface area contributed by atoms with Crippen LogP contribution < -0.4 is 12.4 Å². The Morgan fingerprint density at radius 1 is 1.21 bits per heavy atom. The molecule has 19 heavy (non-hydrogen) atoms. The molecule has 0 aromatic carbocycles. The summed E-state index contributed by atoms with van der Waals surface area (Å²) < 4.78 is 22.8. The summed E-state index contributed by atoms with van der Waals surface area (Å²) in [6, 6.07) is 0. The number of hydrogen-bond donors (Lipinski definition) is 4. The Kier molecular flexibility index (Phi) is 6.21. The average molecular weight is 334 g/mol. The second-order valence-electron chi connectivity index (χ2n) is 4.92. The zero-order chi connectivity index (χ0) is 14.2. The summed E-state index contributed by atoms with van der Waals surface area (Å²) in [5.41, 5.74) is 0.532. The molecule has 1 heterocycles. The molecule has 10 heteroatoms. The first-order valence-electron chi connectivity index (χ1n) is 5.23. The van der Waals surface area contributed by atoms with E-state index in [1.807, 2.05) is 20.3 Å². The minimum Gasteiger partial charge on any atom is -1.00 e. The molecular weight excluding hydrogens is 316 g/mol. The predicted octanol–water partition coefficient (Wildman–Crippen LogP) is -2.41. The molecule has 0 unspecified atom stereocenters. The van der Waals surface area contributed by atoms with Crippen LogP contribution in [0.4, 0.5) is 0 Å². The molecule has 0 fully saturated rings. The van der Waals surface area contributed by atoms with Crippen molar-refractivity contribution < 1.29 is 45.6 Å². The Labute approximate surface area is 117 Å². The first-order valence-corrected chi connectivity index (χ1v) is 8.59. The lowest BCUT2D eigenvalue weighted by Gasteiger charge is -2.27. The van der Waals surface area contributed by atoms with Crippen LogP contribution in [0.2, 0.25) is 0 Å². The number of likely N-dealkylation sites (N-methyl/N-ethyl adjacent to an activating group) is 1. The maximum atomic E-state index is 11.1. The Hall–Kier alpha value is 0.0300. The standard InChI is InChI=1S/C9H17NO6P2.ClH/c1-10(2)5-3-8(4-6-10)7-9(17(11,12)13)18(14,15)16;/h3-5,9H,6-7H2,1-2H3,(H3-,11,12,13,14,15,16);1H. The SMILES string of the molecule is C[N+]1(C)C=CC(CC(P(=O)(O)O)P(=O)(O)O)=CC1.[Cl-]. The molecule has 0 amide bonds. The predicted molar refractivity (Wildman–Crippen MR) is 66.7 cm³/mol. The molecule has 0 saturated carbocycles. The van der Waals surface area contributed by atoms with Gasteiger partial charge in [-0.25, -0.2) is 0 Å². The third kappa shape index (κ3) is 5.90. The van der Waals surface area contributed by atoms with Crippen LogP contribution >= 0.6 is 15.2 Å². The van der Waals surface area contributed by atoms with Gasteiger partial charge in [-0.2, -0.15) is 0 Å². The quantitative estimate of drug-likeness (QED) is 0.337. The van der Waals surface area contributed by atoms with Gasteiger partial charge >= 0.3 is 15.2 Å². The molecule has 112 valence electrons. The molecule has 0 aliphatic carbocycles. The summed E-state index contributed by atoms with van der Waals surface area (Å²) >= 11 is 0. The van der Waals surface area contributed by atoms with Crippen molar-refractivity contribution in [2.75, 3.05) is 20.6 Å². The van der Waals surface area contributed by atoms with E-state index in [-0.39, 0.29) is 18.8 Å². The zero-order valence-corrected chi connectivity index (χ0v) is 13.1. The minimum absolute atomic E-state index is 0. The van der Waals surface area contributed by atoms with Crippen LogP contribution in [0.1, 0.15) is 6.42 Å². The Balaban J connectivity index is 0.00000324. The van der Waals surface area contributed by atoms with E-state index >= 15 is 0 Å². The highest BCUT2D eigenvalue weighted by molar-refractivity contribution is 7.70. The Morgan fingerprint density at radius 3 is 2.00 bits per heavy atom. The van der Waals surface area contributed by atoms with Gasteiger partial charge in [-0.1, -0.05) is 0 Å². The fraction of sp³-hybridized carbons (Fsp3) is 0.556. The van der Waals surface area contributed by atoms with Crippen LogP contribution in [0.3, 0.4) is 0 Å². The summed E-state index contributed by atoms with van der Waals surface area (Å²) in [4.78, 5) is 36.0. The van der Waals surface area contributed by atoms with Crippen LogP contribution in [0.5, 0.6) is 0 Å². The van der Waals surface area contributed by atoms with Crippen molar-refractivity contribution in [1.29, 1.82) is 0 Å². The van der Waals surface area contributed by atoms with Crippen molar-refractivity contribution in [3.05, 3.63) is 23.9 Å². The van der Waals surface area contributed by atoms with Crippen molar-refractivity contribution in [1.82, 2.24) is 0 Å². The van der Waals surface area contributed by atoms with E-state index in [4.69, 9.17) is 19.6 Å². The molecule has 0 radical (unpaired) electrons. The van der Waals surface area contributed by atoms with Gasteiger partial charge in [0.2, 0.25) is 0 Å². The molecule has 0 atom stereocenters. The Bertz CT molecular complexity index is 455. The summed E-state index contributed by atoms with van der Waals surface area (Å²) in [6.45, 7) is 0.612. The summed E-state index contributed by atoms with van der Waals surface area (Å²) in [5, 5.41) is -1.96. The van der Waals surface area contributed by atoms with Crippen LogP contribution in [0.15, 0.2) is 23.9 Å². The second-order valence-corrected chi connectivity index (χ2v) is 8.93. The molecule has 0 aromatic rings. The second kappa shape index (κ2) is 6.20. The van der Waals surface area contributed by atoms with E-state index in [0.29, 0.717) is 16.6 Å². The van der Waals surface area contributed by atoms with Crippen LogP contribution in [0, 0.1) is 0 Å². The third-order valence-corrected chi connectivity index (χ3v) is 6.43. The van der Waals surface area contributed by atoms with E-state index in [1.54, 1.807) is 12.2 Å². The monoisotopic (exact) mass is 333 g/mol. The topological polar surface area (TPSA) is 115 Å². The van der Waals surface area contributed by atoms with Crippen molar-refractivity contribution >= 4 is 15.2 Å². The Morgan fingerprint density at radius 2 is 1.68 bits per heavy atom. The van der Waals surface area contributed by atoms with Gasteiger partial charge in [-0.3, -0.25) is 13.6 Å². The summed E-state index contributed by atoms with van der Waals surface area (Å²) in [6.07, 6.45) is 4.86. The number of rotatable bonds is 4. The van der Waals surface area contributed by atoms with Gasteiger partial charge in [0.05, 0.1) is 20.3 Å². The average Bonchev–Trinajstić information content (AvgIpc) is 2.12. The normalized spacial score (nSPS) is 19.0. The van der Waals surface area contributed by atoms with Gasteiger partial charge in [0.15, 0.2) is 5.40 Å². The number of hydrogen-bond acceptors (Lipinski definition) is 2. The molecule has 1 aliphatic heterocycles. The minimum atomic E-state index is -4.84. The maximum Gasteiger partial charge on any atom is 0.341 e. The molecule has 0 bridgehead atoms. The molecule has 0 aromatic heterocycles. The number of nitrogens with zero attached hydrogens (tertiary/aromatic N) is 1.